The second kappa shape index (κ2) is 9.03. The summed E-state index contributed by atoms with van der Waals surface area (Å²) < 4.78 is 40.4. The number of hydrogen-bond donors (Lipinski definition) is 0. The zero-order valence-corrected chi connectivity index (χ0v) is 20.6. The zero-order chi connectivity index (χ0) is 25.6. The molecule has 0 aromatic heterocycles. The van der Waals surface area contributed by atoms with Crippen molar-refractivity contribution in [3.05, 3.63) is 29.3 Å². The van der Waals surface area contributed by atoms with Crippen molar-refractivity contribution in [3.63, 3.8) is 0 Å². The van der Waals surface area contributed by atoms with Gasteiger partial charge in [0.15, 0.2) is 0 Å². The number of carbonyl (C=O) groups excluding carboxylic acids is 2. The number of hydrogen-bond acceptors (Lipinski definition) is 4. The number of carbonyl (C=O) groups is 2. The van der Waals surface area contributed by atoms with Crippen LogP contribution in [0.15, 0.2) is 18.2 Å². The second-order valence-corrected chi connectivity index (χ2v) is 11.2. The Kier molecular flexibility index (Phi) is 6.54. The molecule has 0 aliphatic carbocycles. The maximum Gasteiger partial charge on any atom is 0.417 e. The summed E-state index contributed by atoms with van der Waals surface area (Å²) in [5.74, 6) is -0.156. The third-order valence-electron chi connectivity index (χ3n) is 7.85. The fraction of sp³-hybridized carbons (Fsp3) is 0.654. The minimum atomic E-state index is -4.61. The molecule has 4 rings (SSSR count). The van der Waals surface area contributed by atoms with Crippen LogP contribution in [0.3, 0.4) is 0 Å². The predicted octanol–water partition coefficient (Wildman–Crippen LogP) is 4.29. The number of amides is 2. The average Bonchev–Trinajstić information content (AvgIpc) is 3.46. The lowest BCUT2D eigenvalue weighted by molar-refractivity contribution is -0.139. The Morgan fingerprint density at radius 1 is 1.03 bits per heavy atom. The van der Waals surface area contributed by atoms with Crippen LogP contribution >= 0.6 is 0 Å². The van der Waals surface area contributed by atoms with Gasteiger partial charge in [-0.25, -0.2) is 0 Å². The van der Waals surface area contributed by atoms with Crippen LogP contribution in [0.4, 0.5) is 18.9 Å². The number of nitrogens with zero attached hydrogens (tertiary/aromatic N) is 4. The van der Waals surface area contributed by atoms with E-state index in [4.69, 9.17) is 5.26 Å². The van der Waals surface area contributed by atoms with Gasteiger partial charge in [0, 0.05) is 55.8 Å². The molecule has 35 heavy (non-hydrogen) atoms. The van der Waals surface area contributed by atoms with Crippen molar-refractivity contribution in [2.24, 2.45) is 16.7 Å². The fourth-order valence-electron chi connectivity index (χ4n) is 5.87. The standard InChI is InChI=1S/C26H33F3N4O2/c1-24(2,3)23(35)33-16-21(22(34)32-10-4-5-11-32)25(17-33)8-12-31(13-9-25)19-7-6-18(15-30)20(14-19)26(27,28)29/h6-7,14,21H,4-5,8-13,16-17H2,1-3H3. The van der Waals surface area contributed by atoms with Crippen LogP contribution in [0.1, 0.15) is 57.6 Å². The van der Waals surface area contributed by atoms with Crippen LogP contribution in [0.5, 0.6) is 0 Å². The van der Waals surface area contributed by atoms with Crippen molar-refractivity contribution < 1.29 is 22.8 Å². The van der Waals surface area contributed by atoms with Crippen molar-refractivity contribution >= 4 is 17.5 Å². The van der Waals surface area contributed by atoms with Gasteiger partial charge in [-0.2, -0.15) is 18.4 Å². The molecule has 1 atom stereocenters. The van der Waals surface area contributed by atoms with Crippen molar-refractivity contribution in [1.29, 1.82) is 5.26 Å². The minimum absolute atomic E-state index is 0.0259. The van der Waals surface area contributed by atoms with Gasteiger partial charge in [0.05, 0.1) is 23.1 Å². The highest BCUT2D eigenvalue weighted by atomic mass is 19.4. The first-order chi connectivity index (χ1) is 16.4. The first-order valence-corrected chi connectivity index (χ1v) is 12.3. The highest BCUT2D eigenvalue weighted by Crippen LogP contribution is 2.47. The normalized spacial score (nSPS) is 22.5. The Hall–Kier alpha value is -2.76. The molecule has 0 saturated carbocycles. The molecule has 1 aromatic rings. The Labute approximate surface area is 204 Å². The molecule has 1 aromatic carbocycles. The van der Waals surface area contributed by atoms with Gasteiger partial charge in [0.1, 0.15) is 0 Å². The summed E-state index contributed by atoms with van der Waals surface area (Å²) in [7, 11) is 0. The summed E-state index contributed by atoms with van der Waals surface area (Å²) in [5, 5.41) is 9.09. The monoisotopic (exact) mass is 490 g/mol. The molecule has 3 aliphatic heterocycles. The van der Waals surface area contributed by atoms with E-state index in [-0.39, 0.29) is 23.1 Å². The molecule has 3 heterocycles. The van der Waals surface area contributed by atoms with Gasteiger partial charge in [-0.3, -0.25) is 9.59 Å². The van der Waals surface area contributed by atoms with Crippen LogP contribution in [-0.4, -0.2) is 60.9 Å². The summed E-state index contributed by atoms with van der Waals surface area (Å²) in [5.41, 5.74) is -1.82. The molecule has 2 amide bonds. The summed E-state index contributed by atoms with van der Waals surface area (Å²) in [6.07, 6.45) is -1.39. The van der Waals surface area contributed by atoms with E-state index in [1.54, 1.807) is 12.1 Å². The van der Waals surface area contributed by atoms with Crippen LogP contribution in [0.25, 0.3) is 0 Å². The molecule has 1 unspecified atom stereocenters. The highest BCUT2D eigenvalue weighted by Gasteiger charge is 2.54. The lowest BCUT2D eigenvalue weighted by Crippen LogP contribution is -2.49. The Balaban J connectivity index is 1.57. The third kappa shape index (κ3) is 4.85. The van der Waals surface area contributed by atoms with E-state index >= 15 is 0 Å². The molecule has 190 valence electrons. The first-order valence-electron chi connectivity index (χ1n) is 12.3. The van der Waals surface area contributed by atoms with E-state index in [9.17, 15) is 22.8 Å². The lowest BCUT2D eigenvalue weighted by Gasteiger charge is -2.43. The number of halogens is 3. The topological polar surface area (TPSA) is 67.7 Å². The summed E-state index contributed by atoms with van der Waals surface area (Å²) in [6, 6.07) is 5.46. The maximum atomic E-state index is 13.5. The zero-order valence-electron chi connectivity index (χ0n) is 20.6. The Morgan fingerprint density at radius 2 is 1.66 bits per heavy atom. The van der Waals surface area contributed by atoms with Crippen LogP contribution in [0, 0.1) is 28.1 Å². The van der Waals surface area contributed by atoms with E-state index in [0.29, 0.717) is 44.7 Å². The minimum Gasteiger partial charge on any atom is -0.371 e. The molecular formula is C26H33F3N4O2. The van der Waals surface area contributed by atoms with E-state index < -0.39 is 22.7 Å². The van der Waals surface area contributed by atoms with Gasteiger partial charge in [0.2, 0.25) is 11.8 Å². The third-order valence-corrected chi connectivity index (χ3v) is 7.85. The number of anilines is 1. The summed E-state index contributed by atoms with van der Waals surface area (Å²) in [6.45, 7) is 9.01. The first kappa shape index (κ1) is 25.3. The molecule has 3 saturated heterocycles. The number of alkyl halides is 3. The van der Waals surface area contributed by atoms with Gasteiger partial charge in [-0.15, -0.1) is 0 Å². The largest absolute Gasteiger partial charge is 0.417 e. The summed E-state index contributed by atoms with van der Waals surface area (Å²) >= 11 is 0. The number of nitriles is 1. The van der Waals surface area contributed by atoms with Crippen molar-refractivity contribution in [3.8, 4) is 6.07 Å². The van der Waals surface area contributed by atoms with Crippen LogP contribution in [-0.2, 0) is 15.8 Å². The van der Waals surface area contributed by atoms with Gasteiger partial charge >= 0.3 is 6.18 Å². The Bertz CT molecular complexity index is 1030. The van der Waals surface area contributed by atoms with Crippen molar-refractivity contribution in [1.82, 2.24) is 9.80 Å². The summed E-state index contributed by atoms with van der Waals surface area (Å²) in [4.78, 5) is 32.3. The van der Waals surface area contributed by atoms with Crippen molar-refractivity contribution in [2.45, 2.75) is 52.6 Å². The van der Waals surface area contributed by atoms with E-state index in [0.717, 1.165) is 32.0 Å². The van der Waals surface area contributed by atoms with Gasteiger partial charge in [0.25, 0.3) is 0 Å². The van der Waals surface area contributed by atoms with Crippen LogP contribution < -0.4 is 4.90 Å². The SMILES string of the molecule is CC(C)(C)C(=O)N1CC(C(=O)N2CCCC2)C2(CCN(c3ccc(C#N)c(C(F)(F)F)c3)CC2)C1. The number of piperidine rings is 1. The molecule has 0 bridgehead atoms. The molecule has 1 spiro atoms. The molecule has 3 aliphatic rings. The van der Waals surface area contributed by atoms with Crippen LogP contribution in [0.2, 0.25) is 0 Å². The lowest BCUT2D eigenvalue weighted by atomic mass is 9.70. The van der Waals surface area contributed by atoms with Gasteiger partial charge < -0.3 is 14.7 Å². The second-order valence-electron chi connectivity index (χ2n) is 11.2. The van der Waals surface area contributed by atoms with E-state index in [1.807, 2.05) is 35.5 Å². The molecule has 9 heteroatoms. The predicted molar refractivity (Wildman–Crippen MR) is 125 cm³/mol. The van der Waals surface area contributed by atoms with E-state index in [2.05, 4.69) is 0 Å². The number of likely N-dealkylation sites (tertiary alicyclic amines) is 2. The number of rotatable bonds is 2. The molecule has 6 nitrogen and oxygen atoms in total. The van der Waals surface area contributed by atoms with Gasteiger partial charge in [-0.1, -0.05) is 20.8 Å². The Morgan fingerprint density at radius 3 is 2.20 bits per heavy atom. The molecular weight excluding hydrogens is 457 g/mol. The quantitative estimate of drug-likeness (QED) is 0.620. The van der Waals surface area contributed by atoms with Crippen molar-refractivity contribution in [2.75, 3.05) is 44.2 Å². The molecule has 3 fully saturated rings. The smallest absolute Gasteiger partial charge is 0.371 e. The van der Waals surface area contributed by atoms with Gasteiger partial charge in [-0.05, 0) is 43.9 Å². The fourth-order valence-corrected chi connectivity index (χ4v) is 5.87. The average molecular weight is 491 g/mol. The van der Waals surface area contributed by atoms with E-state index in [1.165, 1.54) is 6.07 Å². The number of benzene rings is 1. The molecule has 0 radical (unpaired) electrons. The maximum absolute atomic E-state index is 13.5. The highest BCUT2D eigenvalue weighted by molar-refractivity contribution is 5.85. The molecule has 0 N–H and O–H groups in total.